The van der Waals surface area contributed by atoms with E-state index in [9.17, 15) is 9.59 Å². The Bertz CT molecular complexity index is 1640. The van der Waals surface area contributed by atoms with E-state index in [-0.39, 0.29) is 17.1 Å². The Balaban J connectivity index is 1.46. The molecule has 0 aliphatic carbocycles. The Kier molecular flexibility index (Phi) is 6.55. The van der Waals surface area contributed by atoms with Crippen LogP contribution >= 0.6 is 23.1 Å². The van der Waals surface area contributed by atoms with Crippen LogP contribution in [0.3, 0.4) is 0 Å². The summed E-state index contributed by atoms with van der Waals surface area (Å²) in [7, 11) is 0. The van der Waals surface area contributed by atoms with Gasteiger partial charge in [-0.1, -0.05) is 35.5 Å². The first-order chi connectivity index (χ1) is 17.4. The number of carbonyl (C=O) groups is 1. The molecule has 6 nitrogen and oxygen atoms in total. The van der Waals surface area contributed by atoms with Gasteiger partial charge in [0, 0.05) is 40.1 Å². The van der Waals surface area contributed by atoms with Crippen molar-refractivity contribution in [2.24, 2.45) is 0 Å². The lowest BCUT2D eigenvalue weighted by Crippen LogP contribution is -2.23. The van der Waals surface area contributed by atoms with E-state index >= 15 is 0 Å². The van der Waals surface area contributed by atoms with E-state index in [1.165, 1.54) is 28.7 Å². The van der Waals surface area contributed by atoms with E-state index in [0.29, 0.717) is 33.2 Å². The number of fused-ring (bicyclic) bond motifs is 1. The summed E-state index contributed by atoms with van der Waals surface area (Å²) in [4.78, 5) is 32.1. The maximum atomic E-state index is 13.5. The average molecular weight is 516 g/mol. The van der Waals surface area contributed by atoms with Crippen LogP contribution in [-0.2, 0) is 6.54 Å². The Morgan fingerprint density at radius 2 is 1.97 bits per heavy atom. The number of furan rings is 1. The molecule has 5 rings (SSSR count). The molecular formula is C28H25N3O3S2. The number of thioether (sulfide) groups is 1. The smallest absolute Gasteiger partial charge is 0.263 e. The van der Waals surface area contributed by atoms with E-state index in [2.05, 4.69) is 42.3 Å². The molecule has 0 atom stereocenters. The normalized spacial score (nSPS) is 11.3. The quantitative estimate of drug-likeness (QED) is 0.101. The van der Waals surface area contributed by atoms with E-state index in [0.717, 1.165) is 22.6 Å². The first-order valence-electron chi connectivity index (χ1n) is 11.5. The summed E-state index contributed by atoms with van der Waals surface area (Å²) in [6.45, 7) is 10.1. The number of carbonyl (C=O) groups excluding carboxylic acids is 1. The van der Waals surface area contributed by atoms with Gasteiger partial charge in [0.15, 0.2) is 10.9 Å². The molecule has 0 spiro atoms. The molecule has 4 aromatic heterocycles. The lowest BCUT2D eigenvalue weighted by molar-refractivity contribution is 0.102. The van der Waals surface area contributed by atoms with Crippen LogP contribution in [0.5, 0.6) is 0 Å². The molecule has 1 aromatic carbocycles. The second kappa shape index (κ2) is 9.79. The highest BCUT2D eigenvalue weighted by Gasteiger charge is 2.21. The molecule has 0 saturated carbocycles. The van der Waals surface area contributed by atoms with Crippen LogP contribution in [-0.4, -0.2) is 25.7 Å². The van der Waals surface area contributed by atoms with Crippen molar-refractivity contribution >= 4 is 39.1 Å². The van der Waals surface area contributed by atoms with Crippen molar-refractivity contribution in [2.75, 3.05) is 5.75 Å². The van der Waals surface area contributed by atoms with Crippen LogP contribution < -0.4 is 5.56 Å². The highest BCUT2D eigenvalue weighted by atomic mass is 32.2. The van der Waals surface area contributed by atoms with Crippen LogP contribution in [0.15, 0.2) is 81.1 Å². The number of allylic oxidation sites excluding steroid dienone is 1. The zero-order valence-corrected chi connectivity index (χ0v) is 21.9. The summed E-state index contributed by atoms with van der Waals surface area (Å²) >= 11 is 2.67. The molecule has 0 fully saturated rings. The van der Waals surface area contributed by atoms with Gasteiger partial charge in [-0.2, -0.15) is 0 Å². The van der Waals surface area contributed by atoms with Crippen molar-refractivity contribution in [1.82, 2.24) is 14.1 Å². The maximum Gasteiger partial charge on any atom is 0.263 e. The fourth-order valence-electron chi connectivity index (χ4n) is 4.36. The van der Waals surface area contributed by atoms with Crippen LogP contribution in [0.4, 0.5) is 0 Å². The summed E-state index contributed by atoms with van der Waals surface area (Å²) in [5.41, 5.74) is 5.35. The third-order valence-electron chi connectivity index (χ3n) is 6.11. The number of thiophene rings is 1. The average Bonchev–Trinajstić information content (AvgIpc) is 3.60. The first-order valence-corrected chi connectivity index (χ1v) is 13.3. The largest absolute Gasteiger partial charge is 0.464 e. The number of aromatic nitrogens is 3. The second-order valence-electron chi connectivity index (χ2n) is 8.57. The Morgan fingerprint density at radius 3 is 2.67 bits per heavy atom. The predicted molar refractivity (Wildman–Crippen MR) is 147 cm³/mol. The Hall–Kier alpha value is -3.62. The van der Waals surface area contributed by atoms with Crippen molar-refractivity contribution in [3.63, 3.8) is 0 Å². The summed E-state index contributed by atoms with van der Waals surface area (Å²) < 4.78 is 9.18. The molecule has 182 valence electrons. The number of aryl methyl sites for hydroxylation is 2. The fraction of sp³-hybridized carbons (Fsp3) is 0.179. The molecule has 0 aliphatic rings. The number of benzene rings is 1. The molecule has 4 heterocycles. The van der Waals surface area contributed by atoms with Crippen LogP contribution in [0, 0.1) is 20.8 Å². The number of ketones is 1. The minimum absolute atomic E-state index is 0.00610. The molecule has 36 heavy (non-hydrogen) atoms. The zero-order chi connectivity index (χ0) is 25.4. The molecule has 5 aromatic rings. The molecule has 0 saturated heterocycles. The number of nitrogens with zero attached hydrogens (tertiary/aromatic N) is 3. The van der Waals surface area contributed by atoms with Crippen molar-refractivity contribution in [1.29, 1.82) is 0 Å². The van der Waals surface area contributed by atoms with Crippen molar-refractivity contribution in [3.8, 4) is 17.0 Å². The summed E-state index contributed by atoms with van der Waals surface area (Å²) in [6.07, 6.45) is 3.25. The van der Waals surface area contributed by atoms with Crippen molar-refractivity contribution < 1.29 is 9.21 Å². The second-order valence-corrected chi connectivity index (χ2v) is 10.4. The Morgan fingerprint density at radius 1 is 1.19 bits per heavy atom. The predicted octanol–water partition coefficient (Wildman–Crippen LogP) is 6.59. The van der Waals surface area contributed by atoms with Crippen LogP contribution in [0.1, 0.15) is 27.3 Å². The SMILES string of the molecule is C=CCn1c(SCC(=O)c2cc(C)n(-c3ccc(C)cc3)c2C)nc2scc(-c3ccco3)c2c1=O. The number of Topliss-reactive ketones (excluding diaryl/α,β-unsaturated/α-hetero) is 1. The molecule has 0 N–H and O–H groups in total. The summed E-state index contributed by atoms with van der Waals surface area (Å²) in [5.74, 6) is 0.794. The lowest BCUT2D eigenvalue weighted by atomic mass is 10.2. The monoisotopic (exact) mass is 515 g/mol. The third kappa shape index (κ3) is 4.27. The van der Waals surface area contributed by atoms with E-state index in [1.54, 1.807) is 23.0 Å². The topological polar surface area (TPSA) is 70.0 Å². The minimum Gasteiger partial charge on any atom is -0.464 e. The summed E-state index contributed by atoms with van der Waals surface area (Å²) in [6, 6.07) is 13.8. The zero-order valence-electron chi connectivity index (χ0n) is 20.3. The summed E-state index contributed by atoms with van der Waals surface area (Å²) in [5, 5.41) is 2.91. The molecule has 0 bridgehead atoms. The highest BCUT2D eigenvalue weighted by molar-refractivity contribution is 7.99. The van der Waals surface area contributed by atoms with Crippen LogP contribution in [0.25, 0.3) is 27.2 Å². The molecule has 0 unspecified atom stereocenters. The van der Waals surface area contributed by atoms with E-state index in [4.69, 9.17) is 9.40 Å². The third-order valence-corrected chi connectivity index (χ3v) is 7.96. The van der Waals surface area contributed by atoms with Gasteiger partial charge in [0.1, 0.15) is 10.6 Å². The van der Waals surface area contributed by atoms with Gasteiger partial charge in [-0.05, 0) is 51.1 Å². The molecule has 0 amide bonds. The molecule has 0 aliphatic heterocycles. The van der Waals surface area contributed by atoms with E-state index in [1.807, 2.05) is 31.4 Å². The van der Waals surface area contributed by atoms with Gasteiger partial charge < -0.3 is 8.98 Å². The first kappa shape index (κ1) is 24.1. The van der Waals surface area contributed by atoms with E-state index < -0.39 is 0 Å². The lowest BCUT2D eigenvalue weighted by Gasteiger charge is -2.11. The van der Waals surface area contributed by atoms with Gasteiger partial charge >= 0.3 is 0 Å². The van der Waals surface area contributed by atoms with Gasteiger partial charge in [0.25, 0.3) is 5.56 Å². The fourth-order valence-corrected chi connectivity index (χ4v) is 6.22. The molecule has 0 radical (unpaired) electrons. The van der Waals surface area contributed by atoms with Gasteiger partial charge in [0.05, 0.1) is 17.4 Å². The van der Waals surface area contributed by atoms with Crippen LogP contribution in [0.2, 0.25) is 0 Å². The van der Waals surface area contributed by atoms with Crippen molar-refractivity contribution in [3.05, 3.63) is 99.6 Å². The number of hydrogen-bond donors (Lipinski definition) is 0. The number of hydrogen-bond acceptors (Lipinski definition) is 6. The van der Waals surface area contributed by atoms with Gasteiger partial charge in [-0.3, -0.25) is 14.2 Å². The highest BCUT2D eigenvalue weighted by Crippen LogP contribution is 2.33. The maximum absolute atomic E-state index is 13.5. The van der Waals surface area contributed by atoms with Gasteiger partial charge in [-0.25, -0.2) is 4.98 Å². The Labute approximate surface area is 216 Å². The molecule has 8 heteroatoms. The molecular weight excluding hydrogens is 490 g/mol. The standard InChI is InChI=1S/C28H25N3O3S2/c1-5-12-30-27(33)25-22(24-7-6-13-34-24)15-35-26(25)29-28(30)36-16-23(32)21-14-18(3)31(19(21)4)20-10-8-17(2)9-11-20/h5-11,13-15H,1,12,16H2,2-4H3. The van der Waals surface area contributed by atoms with Gasteiger partial charge in [-0.15, -0.1) is 17.9 Å². The number of rotatable bonds is 8. The van der Waals surface area contributed by atoms with Crippen molar-refractivity contribution in [2.45, 2.75) is 32.5 Å². The minimum atomic E-state index is -0.167. The van der Waals surface area contributed by atoms with Gasteiger partial charge in [0.2, 0.25) is 0 Å².